The lowest BCUT2D eigenvalue weighted by Crippen LogP contribution is -2.04. The molecule has 0 radical (unpaired) electrons. The standard InChI is InChI=1S/C13H18/c1-3-4-7-6(2)10-8-5-9-12(10)13(9)11(7)8/h8-13H,3-5H2,1-2H3. The summed E-state index contributed by atoms with van der Waals surface area (Å²) in [6.07, 6.45) is 4.39. The van der Waals surface area contributed by atoms with Crippen molar-refractivity contribution in [2.45, 2.75) is 33.1 Å². The molecule has 4 saturated carbocycles. The van der Waals surface area contributed by atoms with Crippen molar-refractivity contribution >= 4 is 0 Å². The Bertz CT molecular complexity index is 312. The minimum absolute atomic E-state index is 1.08. The van der Waals surface area contributed by atoms with Crippen molar-refractivity contribution < 1.29 is 0 Å². The summed E-state index contributed by atoms with van der Waals surface area (Å²) in [4.78, 5) is 0. The molecular formula is C13H18. The second kappa shape index (κ2) is 1.89. The Kier molecular flexibility index (Phi) is 1.03. The molecule has 0 aliphatic heterocycles. The number of allylic oxidation sites excluding steroid dienone is 2. The fourth-order valence-corrected chi connectivity index (χ4v) is 5.37. The van der Waals surface area contributed by atoms with Crippen LogP contribution in [0.4, 0.5) is 0 Å². The van der Waals surface area contributed by atoms with Gasteiger partial charge in [0.1, 0.15) is 0 Å². The molecule has 6 bridgehead atoms. The fraction of sp³-hybridized carbons (Fsp3) is 0.846. The third-order valence-corrected chi connectivity index (χ3v) is 5.52. The summed E-state index contributed by atoms with van der Waals surface area (Å²) < 4.78 is 0. The van der Waals surface area contributed by atoms with Crippen LogP contribution < -0.4 is 0 Å². The van der Waals surface area contributed by atoms with Crippen LogP contribution in [0.1, 0.15) is 33.1 Å². The summed E-state index contributed by atoms with van der Waals surface area (Å²) >= 11 is 0. The second-order valence-electron chi connectivity index (χ2n) is 5.73. The molecular weight excluding hydrogens is 156 g/mol. The molecule has 0 nitrogen and oxygen atoms in total. The highest BCUT2D eigenvalue weighted by Gasteiger charge is 2.76. The average Bonchev–Trinajstić information content (AvgIpc) is 2.56. The molecule has 13 heavy (non-hydrogen) atoms. The monoisotopic (exact) mass is 174 g/mol. The van der Waals surface area contributed by atoms with Gasteiger partial charge >= 0.3 is 0 Å². The van der Waals surface area contributed by atoms with Gasteiger partial charge in [-0.1, -0.05) is 24.5 Å². The maximum atomic E-state index is 2.44. The van der Waals surface area contributed by atoms with Crippen molar-refractivity contribution in [1.29, 1.82) is 0 Å². The van der Waals surface area contributed by atoms with Crippen LogP contribution >= 0.6 is 0 Å². The molecule has 6 atom stereocenters. The van der Waals surface area contributed by atoms with Gasteiger partial charge in [0.15, 0.2) is 0 Å². The van der Waals surface area contributed by atoms with E-state index >= 15 is 0 Å². The van der Waals surface area contributed by atoms with E-state index in [-0.39, 0.29) is 0 Å². The number of hydrogen-bond acceptors (Lipinski definition) is 0. The zero-order valence-electron chi connectivity index (χ0n) is 8.59. The van der Waals surface area contributed by atoms with Crippen LogP contribution in [0.3, 0.4) is 0 Å². The van der Waals surface area contributed by atoms with E-state index in [2.05, 4.69) is 13.8 Å². The van der Waals surface area contributed by atoms with Gasteiger partial charge in [-0.25, -0.2) is 0 Å². The molecule has 5 aliphatic rings. The second-order valence-corrected chi connectivity index (χ2v) is 5.73. The van der Waals surface area contributed by atoms with Gasteiger partial charge in [0, 0.05) is 0 Å². The number of rotatable bonds is 2. The largest absolute Gasteiger partial charge is 0.0701 e. The Morgan fingerprint density at radius 2 is 1.92 bits per heavy atom. The van der Waals surface area contributed by atoms with Gasteiger partial charge < -0.3 is 0 Å². The molecule has 70 valence electrons. The van der Waals surface area contributed by atoms with E-state index in [1.165, 1.54) is 30.6 Å². The lowest BCUT2D eigenvalue weighted by Gasteiger charge is -2.15. The molecule has 0 saturated heterocycles. The van der Waals surface area contributed by atoms with Crippen molar-refractivity contribution in [3.8, 4) is 0 Å². The quantitative estimate of drug-likeness (QED) is 0.564. The maximum Gasteiger partial charge on any atom is -0.0132 e. The third-order valence-electron chi connectivity index (χ3n) is 5.52. The normalized spacial score (nSPS) is 59.5. The first-order valence-electron chi connectivity index (χ1n) is 6.04. The highest BCUT2D eigenvalue weighted by Crippen LogP contribution is 2.82. The molecule has 0 aromatic carbocycles. The lowest BCUT2D eigenvalue weighted by molar-refractivity contribution is 0.448. The van der Waals surface area contributed by atoms with Crippen molar-refractivity contribution in [2.24, 2.45) is 35.5 Å². The van der Waals surface area contributed by atoms with Gasteiger partial charge in [-0.2, -0.15) is 0 Å². The summed E-state index contributed by atoms with van der Waals surface area (Å²) in [5.74, 6) is 6.91. The highest BCUT2D eigenvalue weighted by molar-refractivity contribution is 5.42. The minimum Gasteiger partial charge on any atom is -0.0701 e. The topological polar surface area (TPSA) is 0 Å². The highest BCUT2D eigenvalue weighted by atomic mass is 14.8. The molecule has 5 aliphatic carbocycles. The molecule has 0 spiro atoms. The molecule has 5 rings (SSSR count). The van der Waals surface area contributed by atoms with Gasteiger partial charge in [-0.3, -0.25) is 0 Å². The molecule has 6 unspecified atom stereocenters. The zero-order chi connectivity index (χ0) is 8.74. The molecule has 0 N–H and O–H groups in total. The van der Waals surface area contributed by atoms with Crippen LogP contribution in [0, 0.1) is 35.5 Å². The lowest BCUT2D eigenvalue weighted by atomic mass is 9.90. The summed E-state index contributed by atoms with van der Waals surface area (Å²) in [7, 11) is 0. The smallest absolute Gasteiger partial charge is 0.0132 e. The first-order chi connectivity index (χ1) is 6.34. The van der Waals surface area contributed by atoms with Crippen LogP contribution in [0.5, 0.6) is 0 Å². The molecule has 4 fully saturated rings. The van der Waals surface area contributed by atoms with Crippen molar-refractivity contribution in [2.75, 3.05) is 0 Å². The van der Waals surface area contributed by atoms with Gasteiger partial charge in [0.25, 0.3) is 0 Å². The van der Waals surface area contributed by atoms with Crippen molar-refractivity contribution in [3.63, 3.8) is 0 Å². The van der Waals surface area contributed by atoms with E-state index in [1.54, 1.807) is 6.42 Å². The van der Waals surface area contributed by atoms with E-state index in [9.17, 15) is 0 Å². The first kappa shape index (κ1) is 7.09. The van der Waals surface area contributed by atoms with Crippen molar-refractivity contribution in [1.82, 2.24) is 0 Å². The summed E-state index contributed by atoms with van der Waals surface area (Å²) in [6, 6.07) is 0. The van der Waals surface area contributed by atoms with E-state index in [0.29, 0.717) is 0 Å². The van der Waals surface area contributed by atoms with Crippen molar-refractivity contribution in [3.05, 3.63) is 11.1 Å². The molecule has 0 heterocycles. The maximum absolute atomic E-state index is 2.44. The Balaban J connectivity index is 1.79. The van der Waals surface area contributed by atoms with E-state index in [0.717, 1.165) is 17.8 Å². The molecule has 0 aromatic rings. The summed E-state index contributed by atoms with van der Waals surface area (Å²) in [5, 5.41) is 0. The Morgan fingerprint density at radius 1 is 1.15 bits per heavy atom. The molecule has 0 amide bonds. The Labute approximate surface area is 80.4 Å². The van der Waals surface area contributed by atoms with Crippen LogP contribution in [0.2, 0.25) is 0 Å². The minimum atomic E-state index is 1.08. The average molecular weight is 174 g/mol. The first-order valence-corrected chi connectivity index (χ1v) is 6.04. The predicted octanol–water partition coefficient (Wildman–Crippen LogP) is 3.24. The Morgan fingerprint density at radius 3 is 2.54 bits per heavy atom. The fourth-order valence-electron chi connectivity index (χ4n) is 5.37. The summed E-state index contributed by atoms with van der Waals surface area (Å²) in [5.41, 5.74) is 3.76. The van der Waals surface area contributed by atoms with Gasteiger partial charge in [-0.05, 0) is 55.3 Å². The van der Waals surface area contributed by atoms with Crippen LogP contribution in [0.15, 0.2) is 11.1 Å². The number of hydrogen-bond donors (Lipinski definition) is 0. The van der Waals surface area contributed by atoms with E-state index in [1.807, 2.05) is 11.1 Å². The van der Waals surface area contributed by atoms with Crippen LogP contribution in [-0.4, -0.2) is 0 Å². The van der Waals surface area contributed by atoms with Crippen LogP contribution in [-0.2, 0) is 0 Å². The molecule has 0 heteroatoms. The Hall–Kier alpha value is -0.260. The predicted molar refractivity (Wildman–Crippen MR) is 53.2 cm³/mol. The SMILES string of the molecule is CCCC1=C(C)C2C3CC4C2C4C13. The zero-order valence-corrected chi connectivity index (χ0v) is 8.59. The van der Waals surface area contributed by atoms with Gasteiger partial charge in [0.2, 0.25) is 0 Å². The van der Waals surface area contributed by atoms with Gasteiger partial charge in [0.05, 0.1) is 0 Å². The van der Waals surface area contributed by atoms with Crippen LogP contribution in [0.25, 0.3) is 0 Å². The molecule has 0 aromatic heterocycles. The van der Waals surface area contributed by atoms with E-state index in [4.69, 9.17) is 0 Å². The van der Waals surface area contributed by atoms with E-state index < -0.39 is 0 Å². The third kappa shape index (κ3) is 0.556. The van der Waals surface area contributed by atoms with Gasteiger partial charge in [-0.15, -0.1) is 0 Å². The summed E-state index contributed by atoms with van der Waals surface area (Å²) in [6.45, 7) is 4.78.